The average molecular weight is 405 g/mol. The average Bonchev–Trinajstić information content (AvgIpc) is 3.09. The van der Waals surface area contributed by atoms with Crippen molar-refractivity contribution in [3.63, 3.8) is 0 Å². The standard InChI is InChI=1S/C22H23N5O3/c1-13-9-14(2)24-19(10-13)27-18(11-15(3)26-27)22(30)25-17(20(28)21(23)29)12-16-7-5-4-6-8-16/h4-11,17H,12H2,1-3H3,(H2,23,29)(H,25,30)/t17-/m0/s1. The number of ketones is 1. The Kier molecular flexibility index (Phi) is 6.06. The molecule has 8 nitrogen and oxygen atoms in total. The Labute approximate surface area is 174 Å². The van der Waals surface area contributed by atoms with Gasteiger partial charge in [0.25, 0.3) is 11.8 Å². The first-order valence-electron chi connectivity index (χ1n) is 9.45. The lowest BCUT2D eigenvalue weighted by Crippen LogP contribution is -2.47. The lowest BCUT2D eigenvalue weighted by atomic mass is 10.0. The minimum Gasteiger partial charge on any atom is -0.363 e. The Morgan fingerprint density at radius 2 is 1.73 bits per heavy atom. The quantitative estimate of drug-likeness (QED) is 0.579. The minimum absolute atomic E-state index is 0.142. The number of benzene rings is 1. The monoisotopic (exact) mass is 405 g/mol. The molecule has 0 aliphatic carbocycles. The summed E-state index contributed by atoms with van der Waals surface area (Å²) < 4.78 is 1.43. The van der Waals surface area contributed by atoms with Crippen molar-refractivity contribution in [2.45, 2.75) is 33.2 Å². The number of aromatic nitrogens is 3. The molecule has 2 heterocycles. The van der Waals surface area contributed by atoms with Gasteiger partial charge in [-0.05, 0) is 50.1 Å². The third-order valence-electron chi connectivity index (χ3n) is 4.51. The number of carbonyl (C=O) groups is 3. The molecule has 0 unspecified atom stereocenters. The molecule has 2 amide bonds. The number of primary amides is 1. The van der Waals surface area contributed by atoms with Crippen molar-refractivity contribution < 1.29 is 14.4 Å². The van der Waals surface area contributed by atoms with Crippen LogP contribution in [0.4, 0.5) is 0 Å². The lowest BCUT2D eigenvalue weighted by molar-refractivity contribution is -0.137. The number of Topliss-reactive ketones (excluding diaryl/α,β-unsaturated/α-hetero) is 1. The fraction of sp³-hybridized carbons (Fsp3) is 0.227. The molecule has 8 heteroatoms. The molecule has 0 fully saturated rings. The molecular formula is C22H23N5O3. The van der Waals surface area contributed by atoms with Crippen LogP contribution in [0.3, 0.4) is 0 Å². The van der Waals surface area contributed by atoms with E-state index in [0.29, 0.717) is 11.5 Å². The van der Waals surface area contributed by atoms with Crippen LogP contribution in [-0.4, -0.2) is 38.4 Å². The second-order valence-corrected chi connectivity index (χ2v) is 7.17. The van der Waals surface area contributed by atoms with Crippen molar-refractivity contribution >= 4 is 17.6 Å². The van der Waals surface area contributed by atoms with E-state index in [0.717, 1.165) is 16.8 Å². The van der Waals surface area contributed by atoms with Crippen molar-refractivity contribution in [1.82, 2.24) is 20.1 Å². The number of rotatable bonds is 7. The molecule has 0 bridgehead atoms. The van der Waals surface area contributed by atoms with Crippen LogP contribution in [0.5, 0.6) is 0 Å². The molecule has 0 saturated heterocycles. The van der Waals surface area contributed by atoms with E-state index in [2.05, 4.69) is 15.4 Å². The smallest absolute Gasteiger partial charge is 0.287 e. The highest BCUT2D eigenvalue weighted by Gasteiger charge is 2.27. The first kappa shape index (κ1) is 20.9. The molecule has 0 radical (unpaired) electrons. The van der Waals surface area contributed by atoms with E-state index in [1.807, 2.05) is 44.2 Å². The van der Waals surface area contributed by atoms with Gasteiger partial charge in [-0.25, -0.2) is 9.67 Å². The van der Waals surface area contributed by atoms with E-state index in [9.17, 15) is 14.4 Å². The third kappa shape index (κ3) is 4.78. The summed E-state index contributed by atoms with van der Waals surface area (Å²) in [5, 5.41) is 7.01. The molecule has 2 aromatic heterocycles. The molecule has 0 aliphatic rings. The van der Waals surface area contributed by atoms with Gasteiger partial charge in [0, 0.05) is 12.1 Å². The van der Waals surface area contributed by atoms with Gasteiger partial charge in [-0.3, -0.25) is 14.4 Å². The molecule has 1 aromatic carbocycles. The zero-order chi connectivity index (χ0) is 21.8. The number of carbonyl (C=O) groups excluding carboxylic acids is 3. The van der Waals surface area contributed by atoms with E-state index in [-0.39, 0.29) is 12.1 Å². The highest BCUT2D eigenvalue weighted by molar-refractivity contribution is 6.38. The summed E-state index contributed by atoms with van der Waals surface area (Å²) in [5.74, 6) is -2.02. The van der Waals surface area contributed by atoms with Crippen molar-refractivity contribution in [3.05, 3.63) is 76.7 Å². The molecule has 1 atom stereocenters. The second-order valence-electron chi connectivity index (χ2n) is 7.17. The van der Waals surface area contributed by atoms with E-state index >= 15 is 0 Å². The summed E-state index contributed by atoms with van der Waals surface area (Å²) in [4.78, 5) is 41.3. The molecule has 3 aromatic rings. The van der Waals surface area contributed by atoms with Crippen molar-refractivity contribution in [2.24, 2.45) is 5.73 Å². The Bertz CT molecular complexity index is 1080. The lowest BCUT2D eigenvalue weighted by Gasteiger charge is -2.17. The normalized spacial score (nSPS) is 11.7. The van der Waals surface area contributed by atoms with Gasteiger partial charge in [-0.1, -0.05) is 30.3 Å². The number of hydrogen-bond donors (Lipinski definition) is 2. The molecule has 3 N–H and O–H groups in total. The van der Waals surface area contributed by atoms with Gasteiger partial charge < -0.3 is 11.1 Å². The number of amides is 2. The molecular weight excluding hydrogens is 382 g/mol. The van der Waals surface area contributed by atoms with Gasteiger partial charge in [0.1, 0.15) is 11.7 Å². The van der Waals surface area contributed by atoms with Crippen LogP contribution in [-0.2, 0) is 16.0 Å². The Balaban J connectivity index is 1.92. The predicted octanol–water partition coefficient (Wildman–Crippen LogP) is 1.59. The zero-order valence-electron chi connectivity index (χ0n) is 17.0. The van der Waals surface area contributed by atoms with Crippen LogP contribution in [0.2, 0.25) is 0 Å². The number of aryl methyl sites for hydroxylation is 3. The van der Waals surface area contributed by atoms with Crippen LogP contribution in [0.15, 0.2) is 48.5 Å². The van der Waals surface area contributed by atoms with Crippen LogP contribution in [0.1, 0.15) is 33.0 Å². The predicted molar refractivity (Wildman–Crippen MR) is 111 cm³/mol. The number of nitrogens with one attached hydrogen (secondary N) is 1. The molecule has 154 valence electrons. The fourth-order valence-corrected chi connectivity index (χ4v) is 3.23. The fourth-order valence-electron chi connectivity index (χ4n) is 3.23. The number of nitrogens with two attached hydrogens (primary N) is 1. The Morgan fingerprint density at radius 1 is 1.03 bits per heavy atom. The van der Waals surface area contributed by atoms with Gasteiger partial charge >= 0.3 is 0 Å². The van der Waals surface area contributed by atoms with Gasteiger partial charge in [-0.2, -0.15) is 5.10 Å². The zero-order valence-corrected chi connectivity index (χ0v) is 17.0. The van der Waals surface area contributed by atoms with Gasteiger partial charge in [-0.15, -0.1) is 0 Å². The van der Waals surface area contributed by atoms with Crippen LogP contribution in [0.25, 0.3) is 5.82 Å². The number of pyridine rings is 1. The highest BCUT2D eigenvalue weighted by Crippen LogP contribution is 2.14. The van der Waals surface area contributed by atoms with Crippen LogP contribution < -0.4 is 11.1 Å². The van der Waals surface area contributed by atoms with Crippen LogP contribution >= 0.6 is 0 Å². The maximum Gasteiger partial charge on any atom is 0.287 e. The maximum atomic E-state index is 13.0. The third-order valence-corrected chi connectivity index (χ3v) is 4.51. The Morgan fingerprint density at radius 3 is 2.37 bits per heavy atom. The highest BCUT2D eigenvalue weighted by atomic mass is 16.2. The largest absolute Gasteiger partial charge is 0.363 e. The number of nitrogens with zero attached hydrogens (tertiary/aromatic N) is 3. The van der Waals surface area contributed by atoms with Crippen molar-refractivity contribution in [3.8, 4) is 5.82 Å². The number of hydrogen-bond acceptors (Lipinski definition) is 5. The van der Waals surface area contributed by atoms with Crippen molar-refractivity contribution in [2.75, 3.05) is 0 Å². The van der Waals surface area contributed by atoms with E-state index in [4.69, 9.17) is 5.73 Å². The summed E-state index contributed by atoms with van der Waals surface area (Å²) in [6, 6.07) is 13.3. The summed E-state index contributed by atoms with van der Waals surface area (Å²) in [6.45, 7) is 5.54. The molecule has 0 spiro atoms. The molecule has 0 aliphatic heterocycles. The second kappa shape index (κ2) is 8.69. The van der Waals surface area contributed by atoms with Gasteiger partial charge in [0.15, 0.2) is 5.82 Å². The minimum atomic E-state index is -1.10. The van der Waals surface area contributed by atoms with E-state index in [1.165, 1.54) is 4.68 Å². The summed E-state index contributed by atoms with van der Waals surface area (Å²) >= 11 is 0. The van der Waals surface area contributed by atoms with E-state index < -0.39 is 23.6 Å². The Hall–Kier alpha value is -3.81. The van der Waals surface area contributed by atoms with Gasteiger partial charge in [0.2, 0.25) is 5.78 Å². The molecule has 3 rings (SSSR count). The molecule has 0 saturated carbocycles. The van der Waals surface area contributed by atoms with Gasteiger partial charge in [0.05, 0.1) is 5.69 Å². The SMILES string of the molecule is Cc1cc(C)nc(-n2nc(C)cc2C(=O)N[C@@H](Cc2ccccc2)C(=O)C(N)=O)c1. The topological polar surface area (TPSA) is 120 Å². The summed E-state index contributed by atoms with van der Waals surface area (Å²) in [5.41, 5.74) is 8.57. The first-order chi connectivity index (χ1) is 14.2. The van der Waals surface area contributed by atoms with Crippen molar-refractivity contribution in [1.29, 1.82) is 0 Å². The van der Waals surface area contributed by atoms with Crippen LogP contribution in [0, 0.1) is 20.8 Å². The molecule has 30 heavy (non-hydrogen) atoms. The van der Waals surface area contributed by atoms with E-state index in [1.54, 1.807) is 25.1 Å². The summed E-state index contributed by atoms with van der Waals surface area (Å²) in [7, 11) is 0. The summed E-state index contributed by atoms with van der Waals surface area (Å²) in [6.07, 6.45) is 0.142. The maximum absolute atomic E-state index is 13.0. The first-order valence-corrected chi connectivity index (χ1v) is 9.45.